The molecule has 0 heterocycles. The maximum atomic E-state index is 12.4. The molecule has 0 aliphatic carbocycles. The molecule has 0 radical (unpaired) electrons. The number of nitrogens with one attached hydrogen (secondary N) is 1. The predicted molar refractivity (Wildman–Crippen MR) is 75.6 cm³/mol. The molecule has 0 amide bonds. The van der Waals surface area contributed by atoms with Gasteiger partial charge >= 0.3 is 5.76 Å². The second-order valence-electron chi connectivity index (χ2n) is 4.65. The molecule has 0 saturated heterocycles. The van der Waals surface area contributed by atoms with Crippen molar-refractivity contribution in [2.45, 2.75) is 42.9 Å². The van der Waals surface area contributed by atoms with Crippen molar-refractivity contribution in [3.63, 3.8) is 0 Å². The number of halogens is 2. The van der Waals surface area contributed by atoms with Crippen LogP contribution in [-0.2, 0) is 9.84 Å². The van der Waals surface area contributed by atoms with E-state index in [0.717, 1.165) is 12.8 Å². The van der Waals surface area contributed by atoms with Gasteiger partial charge in [-0.05, 0) is 37.1 Å². The van der Waals surface area contributed by atoms with Crippen LogP contribution in [0, 0.1) is 0 Å². The number of benzene rings is 1. The Balaban J connectivity index is 2.98. The van der Waals surface area contributed by atoms with E-state index in [1.807, 2.05) is 13.8 Å². The minimum absolute atomic E-state index is 0.275. The van der Waals surface area contributed by atoms with E-state index in [1.54, 1.807) is 0 Å². The first-order chi connectivity index (χ1) is 9.31. The summed E-state index contributed by atoms with van der Waals surface area (Å²) in [4.78, 5) is -0.385. The Morgan fingerprint density at radius 3 is 2.05 bits per heavy atom. The number of sulfone groups is 1. The minimum Gasteiger partial charge on any atom is -0.378 e. The largest absolute Gasteiger partial charge is 0.378 e. The summed E-state index contributed by atoms with van der Waals surface area (Å²) in [7, 11) is -4.54. The molecule has 1 aromatic carbocycles. The normalized spacial score (nSPS) is 12.7. The number of alkyl halides is 2. The maximum Gasteiger partial charge on any atom is 0.341 e. The minimum atomic E-state index is -4.54. The van der Waals surface area contributed by atoms with Crippen molar-refractivity contribution < 1.29 is 17.2 Å². The Kier molecular flexibility index (Phi) is 5.47. The number of hydrogen-bond acceptors (Lipinski definition) is 4. The van der Waals surface area contributed by atoms with E-state index in [0.29, 0.717) is 12.2 Å². The van der Waals surface area contributed by atoms with Crippen molar-refractivity contribution in [3.8, 4) is 0 Å². The Morgan fingerprint density at radius 1 is 1.20 bits per heavy atom. The fourth-order valence-corrected chi connectivity index (χ4v) is 2.62. The zero-order valence-electron chi connectivity index (χ0n) is 11.6. The molecule has 0 aliphatic rings. The van der Waals surface area contributed by atoms with Crippen molar-refractivity contribution in [2.75, 3.05) is 11.9 Å². The molecular weight excluding hydrogens is 286 g/mol. The lowest BCUT2D eigenvalue weighted by molar-refractivity contribution is 0.234. The molecule has 7 heteroatoms. The van der Waals surface area contributed by atoms with Gasteiger partial charge in [0.25, 0.3) is 0 Å². The first kappa shape index (κ1) is 16.8. The predicted octanol–water partition coefficient (Wildman–Crippen LogP) is 2.61. The summed E-state index contributed by atoms with van der Waals surface area (Å²) >= 11 is 0. The van der Waals surface area contributed by atoms with Crippen LogP contribution in [0.15, 0.2) is 29.2 Å². The van der Waals surface area contributed by atoms with Crippen molar-refractivity contribution in [1.29, 1.82) is 0 Å². The molecule has 114 valence electrons. The quantitative estimate of drug-likeness (QED) is 0.812. The SMILES string of the molecule is CCC(CC)(CN)Nc1ccc(S(=O)(=O)C(F)F)cc1. The summed E-state index contributed by atoms with van der Waals surface area (Å²) in [6, 6.07) is 5.31. The summed E-state index contributed by atoms with van der Waals surface area (Å²) in [6.45, 7) is 4.43. The molecule has 1 aromatic rings. The van der Waals surface area contributed by atoms with Crippen LogP contribution in [0.3, 0.4) is 0 Å². The molecule has 0 bridgehead atoms. The number of hydrogen-bond donors (Lipinski definition) is 2. The molecule has 0 aliphatic heterocycles. The first-order valence-corrected chi connectivity index (χ1v) is 7.96. The average molecular weight is 306 g/mol. The highest BCUT2D eigenvalue weighted by molar-refractivity contribution is 7.91. The lowest BCUT2D eigenvalue weighted by Crippen LogP contribution is -2.44. The van der Waals surface area contributed by atoms with E-state index >= 15 is 0 Å². The van der Waals surface area contributed by atoms with Crippen LogP contribution in [0.4, 0.5) is 14.5 Å². The summed E-state index contributed by atoms with van der Waals surface area (Å²) in [5, 5.41) is 3.24. The zero-order chi connectivity index (χ0) is 15.4. The monoisotopic (exact) mass is 306 g/mol. The van der Waals surface area contributed by atoms with Crippen molar-refractivity contribution in [2.24, 2.45) is 5.73 Å². The lowest BCUT2D eigenvalue weighted by Gasteiger charge is -2.32. The topological polar surface area (TPSA) is 72.2 Å². The maximum absolute atomic E-state index is 12.4. The van der Waals surface area contributed by atoms with E-state index in [1.165, 1.54) is 24.3 Å². The van der Waals surface area contributed by atoms with E-state index in [9.17, 15) is 17.2 Å². The van der Waals surface area contributed by atoms with Crippen LogP contribution < -0.4 is 11.1 Å². The summed E-state index contributed by atoms with van der Waals surface area (Å²) in [5.74, 6) is -3.41. The average Bonchev–Trinajstić information content (AvgIpc) is 2.45. The van der Waals surface area contributed by atoms with Crippen LogP contribution >= 0.6 is 0 Å². The summed E-state index contributed by atoms with van der Waals surface area (Å²) in [6.07, 6.45) is 1.61. The Hall–Kier alpha value is -1.21. The molecule has 0 fully saturated rings. The van der Waals surface area contributed by atoms with Gasteiger partial charge in [0.2, 0.25) is 9.84 Å². The van der Waals surface area contributed by atoms with Crippen LogP contribution in [-0.4, -0.2) is 26.3 Å². The highest BCUT2D eigenvalue weighted by Gasteiger charge is 2.27. The van der Waals surface area contributed by atoms with Crippen molar-refractivity contribution in [3.05, 3.63) is 24.3 Å². The van der Waals surface area contributed by atoms with E-state index in [2.05, 4.69) is 5.32 Å². The van der Waals surface area contributed by atoms with Crippen LogP contribution in [0.2, 0.25) is 0 Å². The number of anilines is 1. The van der Waals surface area contributed by atoms with E-state index < -0.39 is 15.6 Å². The third-order valence-corrected chi connectivity index (χ3v) is 4.97. The second-order valence-corrected chi connectivity index (χ2v) is 6.56. The van der Waals surface area contributed by atoms with E-state index in [4.69, 9.17) is 5.73 Å². The molecule has 0 aromatic heterocycles. The molecule has 20 heavy (non-hydrogen) atoms. The molecular formula is C13H20F2N2O2S. The third-order valence-electron chi connectivity index (χ3n) is 3.57. The van der Waals surface area contributed by atoms with Crippen molar-refractivity contribution >= 4 is 15.5 Å². The van der Waals surface area contributed by atoms with Gasteiger partial charge in [0.1, 0.15) is 0 Å². The fraction of sp³-hybridized carbons (Fsp3) is 0.538. The standard InChI is InChI=1S/C13H20F2N2O2S/c1-3-13(4-2,9-16)17-10-5-7-11(8-6-10)20(18,19)12(14)15/h5-8,12,17H,3-4,9,16H2,1-2H3. The lowest BCUT2D eigenvalue weighted by atomic mass is 9.92. The van der Waals surface area contributed by atoms with Crippen LogP contribution in [0.5, 0.6) is 0 Å². The van der Waals surface area contributed by atoms with Gasteiger partial charge in [-0.1, -0.05) is 13.8 Å². The van der Waals surface area contributed by atoms with Gasteiger partial charge in [-0.3, -0.25) is 0 Å². The number of rotatable bonds is 7. The van der Waals surface area contributed by atoms with Gasteiger partial charge in [0, 0.05) is 17.8 Å². The first-order valence-electron chi connectivity index (χ1n) is 6.41. The Bertz CT molecular complexity index is 518. The van der Waals surface area contributed by atoms with Gasteiger partial charge in [-0.25, -0.2) is 8.42 Å². The molecule has 1 rings (SSSR count). The molecule has 0 spiro atoms. The Labute approximate surface area is 118 Å². The smallest absolute Gasteiger partial charge is 0.341 e. The zero-order valence-corrected chi connectivity index (χ0v) is 12.4. The van der Waals surface area contributed by atoms with Gasteiger partial charge in [-0.15, -0.1) is 0 Å². The molecule has 3 N–H and O–H groups in total. The van der Waals surface area contributed by atoms with Crippen LogP contribution in [0.25, 0.3) is 0 Å². The highest BCUT2D eigenvalue weighted by atomic mass is 32.2. The fourth-order valence-electron chi connectivity index (χ4n) is 1.90. The van der Waals surface area contributed by atoms with Gasteiger partial charge in [0.05, 0.1) is 4.90 Å². The highest BCUT2D eigenvalue weighted by Crippen LogP contribution is 2.24. The summed E-state index contributed by atoms with van der Waals surface area (Å²) < 4.78 is 47.4. The van der Waals surface area contributed by atoms with Gasteiger partial charge in [0.15, 0.2) is 0 Å². The second kappa shape index (κ2) is 6.49. The third kappa shape index (κ3) is 3.46. The summed E-state index contributed by atoms with van der Waals surface area (Å²) in [5.41, 5.74) is 6.14. The Morgan fingerprint density at radius 2 is 1.70 bits per heavy atom. The van der Waals surface area contributed by atoms with Gasteiger partial charge < -0.3 is 11.1 Å². The molecule has 4 nitrogen and oxygen atoms in total. The van der Waals surface area contributed by atoms with Crippen LogP contribution in [0.1, 0.15) is 26.7 Å². The van der Waals surface area contributed by atoms with Gasteiger partial charge in [-0.2, -0.15) is 8.78 Å². The van der Waals surface area contributed by atoms with E-state index in [-0.39, 0.29) is 10.4 Å². The molecule has 0 saturated carbocycles. The van der Waals surface area contributed by atoms with Crippen molar-refractivity contribution in [1.82, 2.24) is 0 Å². The molecule has 0 atom stereocenters. The molecule has 0 unspecified atom stereocenters. The number of nitrogens with two attached hydrogens (primary N) is 1.